The number of unbranched alkanes of at least 4 members (excludes halogenated alkanes) is 1. The van der Waals surface area contributed by atoms with Crippen molar-refractivity contribution in [2.75, 3.05) is 0 Å². The Bertz CT molecular complexity index is 112. The van der Waals surface area contributed by atoms with Crippen molar-refractivity contribution in [1.29, 1.82) is 0 Å². The number of carboxylic acids is 1. The fraction of sp³-hybridized carbons (Fsp3) is 0.875. The third-order valence-corrected chi connectivity index (χ3v) is 1.75. The molecule has 0 aliphatic rings. The van der Waals surface area contributed by atoms with Crippen molar-refractivity contribution in [3.63, 3.8) is 0 Å². The van der Waals surface area contributed by atoms with E-state index < -0.39 is 5.97 Å². The molecule has 0 bridgehead atoms. The maximum Gasteiger partial charge on any atom is 2.00 e. The quantitative estimate of drug-likeness (QED) is 0.642. The Labute approximate surface area is 87.5 Å². The van der Waals surface area contributed by atoms with E-state index in [0.29, 0.717) is 0 Å². The fourth-order valence-corrected chi connectivity index (χ4v) is 0.953. The Balaban J connectivity index is -0.000000135. The Morgan fingerprint density at radius 3 is 2.36 bits per heavy atom. The van der Waals surface area contributed by atoms with Crippen molar-refractivity contribution < 1.29 is 12.8 Å². The molecular weight excluding hydrogens is 152 g/mol. The molecule has 0 amide bonds. The minimum atomic E-state index is -0.643. The van der Waals surface area contributed by atoms with Crippen molar-refractivity contribution in [3.05, 3.63) is 0 Å². The van der Waals surface area contributed by atoms with Gasteiger partial charge in [0.15, 0.2) is 0 Å². The van der Waals surface area contributed by atoms with Gasteiger partial charge in [-0.15, -0.1) is 0 Å². The molecule has 1 N–H and O–H groups in total. The van der Waals surface area contributed by atoms with E-state index >= 15 is 0 Å². The number of hydrogen-bond donors (Lipinski definition) is 1. The van der Waals surface area contributed by atoms with E-state index in [2.05, 4.69) is 6.92 Å². The summed E-state index contributed by atoms with van der Waals surface area (Å²) >= 11 is 0. The normalized spacial score (nSPS) is 11.8. The smallest absolute Gasteiger partial charge is 1.00 e. The molecule has 0 aromatic rings. The van der Waals surface area contributed by atoms with Gasteiger partial charge in [0.1, 0.15) is 0 Å². The number of aliphatic carboxylic acids is 1. The average molecular weight is 171 g/mol. The number of rotatable bonds is 5. The van der Waals surface area contributed by atoms with Gasteiger partial charge in [0.05, 0.1) is 5.92 Å². The van der Waals surface area contributed by atoms with E-state index in [0.717, 1.165) is 25.7 Å². The summed E-state index contributed by atoms with van der Waals surface area (Å²) in [5, 5.41) is 8.60. The molecule has 0 radical (unpaired) electrons. The molecule has 0 saturated heterocycles. The first-order chi connectivity index (χ1) is 4.72. The second kappa shape index (κ2) is 8.33. The van der Waals surface area contributed by atoms with Gasteiger partial charge < -0.3 is 7.96 Å². The molecule has 3 heteroatoms. The number of hydrogen-bond acceptors (Lipinski definition) is 1. The monoisotopic (exact) mass is 170 g/mol. The van der Waals surface area contributed by atoms with Gasteiger partial charge >= 0.3 is 29.0 Å². The third-order valence-electron chi connectivity index (χ3n) is 1.75. The molecule has 1 unspecified atom stereocenters. The Morgan fingerprint density at radius 1 is 1.55 bits per heavy atom. The summed E-state index contributed by atoms with van der Waals surface area (Å²) < 4.78 is 0. The first kappa shape index (κ1) is 13.8. The fourth-order valence-electron chi connectivity index (χ4n) is 0.953. The van der Waals surface area contributed by atoms with E-state index in [9.17, 15) is 4.79 Å². The molecule has 0 rings (SSSR count). The largest absolute Gasteiger partial charge is 2.00 e. The van der Waals surface area contributed by atoms with Gasteiger partial charge in [-0.3, -0.25) is 4.79 Å². The van der Waals surface area contributed by atoms with Crippen LogP contribution in [0.2, 0.25) is 0 Å². The van der Waals surface area contributed by atoms with Gasteiger partial charge in [0, 0.05) is 0 Å². The van der Waals surface area contributed by atoms with E-state index in [1.807, 2.05) is 6.92 Å². The summed E-state index contributed by atoms with van der Waals surface area (Å²) in [6, 6.07) is 0. The van der Waals surface area contributed by atoms with Crippen LogP contribution < -0.4 is 0 Å². The van der Waals surface area contributed by atoms with Crippen LogP contribution in [0.3, 0.4) is 0 Å². The molecule has 0 aromatic heterocycles. The summed E-state index contributed by atoms with van der Waals surface area (Å²) in [5.41, 5.74) is 0. The molecule has 11 heavy (non-hydrogen) atoms. The minimum absolute atomic E-state index is 0. The topological polar surface area (TPSA) is 37.3 Å². The molecule has 0 fully saturated rings. The van der Waals surface area contributed by atoms with E-state index in [4.69, 9.17) is 5.11 Å². The zero-order valence-corrected chi connectivity index (χ0v) is 8.88. The van der Waals surface area contributed by atoms with Crippen LogP contribution in [0.25, 0.3) is 0 Å². The van der Waals surface area contributed by atoms with Gasteiger partial charge in [0.25, 0.3) is 0 Å². The molecule has 64 valence electrons. The molecule has 0 spiro atoms. The van der Waals surface area contributed by atoms with Crippen molar-refractivity contribution in [1.82, 2.24) is 0 Å². The summed E-state index contributed by atoms with van der Waals surface area (Å²) in [6.45, 7) is 4.00. The van der Waals surface area contributed by atoms with E-state index in [1.54, 1.807) is 0 Å². The minimum Gasteiger partial charge on any atom is -1.00 e. The van der Waals surface area contributed by atoms with Crippen LogP contribution in [0.1, 0.15) is 42.4 Å². The predicted molar refractivity (Wildman–Crippen MR) is 48.9 cm³/mol. The van der Waals surface area contributed by atoms with Gasteiger partial charge in [-0.1, -0.05) is 26.7 Å². The maximum atomic E-state index is 10.4. The summed E-state index contributed by atoms with van der Waals surface area (Å²) in [7, 11) is 0. The van der Waals surface area contributed by atoms with Crippen LogP contribution in [0.5, 0.6) is 0 Å². The van der Waals surface area contributed by atoms with Gasteiger partial charge in [-0.05, 0) is 12.8 Å². The molecule has 0 saturated carbocycles. The van der Waals surface area contributed by atoms with Gasteiger partial charge in [0.2, 0.25) is 0 Å². The Morgan fingerprint density at radius 2 is 2.09 bits per heavy atom. The van der Waals surface area contributed by atoms with Crippen LogP contribution in [-0.4, -0.2) is 34.1 Å². The first-order valence-electron chi connectivity index (χ1n) is 3.95. The molecule has 1 atom stereocenters. The van der Waals surface area contributed by atoms with Crippen LogP contribution in [0.4, 0.5) is 0 Å². The standard InChI is InChI=1S/C8H16O2.Mg.2H/c1-3-5-6-7(4-2)8(9)10;;;/h7H,3-6H2,1-2H3,(H,9,10);;;/q;+2;2*-1. The molecular formula is C8H18MgO2. The summed E-state index contributed by atoms with van der Waals surface area (Å²) in [5.74, 6) is -0.754. The SMILES string of the molecule is CCCCC(CC)C(=O)O.[H-].[H-].[Mg+2]. The van der Waals surface area contributed by atoms with Gasteiger partial charge in [-0.2, -0.15) is 0 Å². The predicted octanol–water partition coefficient (Wildman–Crippen LogP) is 2.13. The number of carbonyl (C=O) groups is 1. The Kier molecular flexibility index (Phi) is 10.5. The van der Waals surface area contributed by atoms with E-state index in [1.165, 1.54) is 0 Å². The van der Waals surface area contributed by atoms with Crippen LogP contribution in [0.15, 0.2) is 0 Å². The third kappa shape index (κ3) is 6.63. The van der Waals surface area contributed by atoms with E-state index in [-0.39, 0.29) is 31.8 Å². The van der Waals surface area contributed by atoms with Crippen molar-refractivity contribution in [2.24, 2.45) is 5.92 Å². The second-order valence-electron chi connectivity index (χ2n) is 2.59. The zero-order chi connectivity index (χ0) is 7.98. The summed E-state index contributed by atoms with van der Waals surface area (Å²) in [4.78, 5) is 10.4. The molecule has 2 nitrogen and oxygen atoms in total. The van der Waals surface area contributed by atoms with Crippen LogP contribution in [-0.2, 0) is 4.79 Å². The zero-order valence-electron chi connectivity index (χ0n) is 9.47. The number of carboxylic acid groups (broad SMARTS) is 1. The first-order valence-corrected chi connectivity index (χ1v) is 3.95. The molecule has 0 aromatic carbocycles. The van der Waals surface area contributed by atoms with Crippen molar-refractivity contribution in [3.8, 4) is 0 Å². The van der Waals surface area contributed by atoms with Crippen molar-refractivity contribution >= 4 is 29.0 Å². The summed E-state index contributed by atoms with van der Waals surface area (Å²) in [6.07, 6.45) is 3.71. The molecule has 0 aliphatic carbocycles. The van der Waals surface area contributed by atoms with Gasteiger partial charge in [-0.25, -0.2) is 0 Å². The maximum absolute atomic E-state index is 10.4. The van der Waals surface area contributed by atoms with Crippen LogP contribution in [0, 0.1) is 5.92 Å². The Hall–Kier alpha value is 0.236. The molecule has 0 aliphatic heterocycles. The van der Waals surface area contributed by atoms with Crippen molar-refractivity contribution in [2.45, 2.75) is 39.5 Å². The average Bonchev–Trinajstić information content (AvgIpc) is 1.89. The second-order valence-corrected chi connectivity index (χ2v) is 2.59. The molecule has 0 heterocycles. The van der Waals surface area contributed by atoms with Crippen LogP contribution >= 0.6 is 0 Å².